The molecule has 1 aromatic carbocycles. The van der Waals surface area contributed by atoms with Crippen molar-refractivity contribution in [3.8, 4) is 17.1 Å². The summed E-state index contributed by atoms with van der Waals surface area (Å²) in [7, 11) is 0. The molecule has 0 radical (unpaired) electrons. The number of ether oxygens (including phenoxy) is 1. The van der Waals surface area contributed by atoms with Gasteiger partial charge in [0.1, 0.15) is 0 Å². The quantitative estimate of drug-likeness (QED) is 0.138. The van der Waals surface area contributed by atoms with Crippen molar-refractivity contribution in [2.24, 2.45) is 0 Å². The van der Waals surface area contributed by atoms with Gasteiger partial charge in [-0.1, -0.05) is 108 Å². The number of unbranched alkanes of at least 4 members (excludes halogenated alkanes) is 11. The minimum atomic E-state index is -0.378. The van der Waals surface area contributed by atoms with Gasteiger partial charge in [-0.3, -0.25) is 0 Å². The van der Waals surface area contributed by atoms with Crippen LogP contribution in [0.4, 0.5) is 0 Å². The number of aryl methyl sites for hydroxylation is 1. The predicted molar refractivity (Wildman–Crippen MR) is 137 cm³/mol. The molecular weight excluding hydrogens is 408 g/mol. The summed E-state index contributed by atoms with van der Waals surface area (Å²) in [5.74, 6) is 0.628. The molecule has 0 N–H and O–H groups in total. The van der Waals surface area contributed by atoms with Gasteiger partial charge in [0.25, 0.3) is 0 Å². The zero-order chi connectivity index (χ0) is 23.6. The molecule has 0 fully saturated rings. The molecule has 0 aliphatic heterocycles. The highest BCUT2D eigenvalue weighted by Gasteiger charge is 2.05. The van der Waals surface area contributed by atoms with E-state index in [-0.39, 0.29) is 5.97 Å². The molecule has 33 heavy (non-hydrogen) atoms. The van der Waals surface area contributed by atoms with E-state index in [0.717, 1.165) is 24.8 Å². The van der Waals surface area contributed by atoms with Crippen molar-refractivity contribution >= 4 is 5.97 Å². The average molecular weight is 451 g/mol. The molecule has 0 unspecified atom stereocenters. The average Bonchev–Trinajstić information content (AvgIpc) is 2.84. The SMILES string of the molecule is CCCCCCCC/C=C/C(=O)Oc1cnc(-c2ccc(CCCCCCCC)cc2)nc1. The number of benzene rings is 1. The van der Waals surface area contributed by atoms with E-state index in [1.54, 1.807) is 12.4 Å². The number of carbonyl (C=O) groups excluding carboxylic acids is 1. The van der Waals surface area contributed by atoms with E-state index < -0.39 is 0 Å². The number of esters is 1. The van der Waals surface area contributed by atoms with Gasteiger partial charge < -0.3 is 4.74 Å². The summed E-state index contributed by atoms with van der Waals surface area (Å²) in [6.07, 6.45) is 23.9. The van der Waals surface area contributed by atoms with Crippen LogP contribution in [0.25, 0.3) is 11.4 Å². The second-order valence-electron chi connectivity index (χ2n) is 8.84. The fraction of sp³-hybridized carbons (Fsp3) is 0.552. The molecule has 0 bridgehead atoms. The molecule has 0 atom stereocenters. The lowest BCUT2D eigenvalue weighted by atomic mass is 10.0. The highest BCUT2D eigenvalue weighted by atomic mass is 16.5. The van der Waals surface area contributed by atoms with Crippen LogP contribution in [0.2, 0.25) is 0 Å². The number of hydrogen-bond acceptors (Lipinski definition) is 4. The van der Waals surface area contributed by atoms with E-state index >= 15 is 0 Å². The van der Waals surface area contributed by atoms with Crippen LogP contribution < -0.4 is 4.74 Å². The van der Waals surface area contributed by atoms with Gasteiger partial charge in [-0.2, -0.15) is 0 Å². The third kappa shape index (κ3) is 11.8. The van der Waals surface area contributed by atoms with Crippen LogP contribution >= 0.6 is 0 Å². The van der Waals surface area contributed by atoms with Crippen molar-refractivity contribution in [3.63, 3.8) is 0 Å². The summed E-state index contributed by atoms with van der Waals surface area (Å²) in [5, 5.41) is 0. The highest BCUT2D eigenvalue weighted by Crippen LogP contribution is 2.19. The first kappa shape index (κ1) is 26.8. The molecule has 0 aliphatic carbocycles. The maximum atomic E-state index is 12.0. The summed E-state index contributed by atoms with van der Waals surface area (Å²) in [6.45, 7) is 4.48. The second-order valence-corrected chi connectivity index (χ2v) is 8.84. The van der Waals surface area contributed by atoms with Crippen LogP contribution in [-0.2, 0) is 11.2 Å². The summed E-state index contributed by atoms with van der Waals surface area (Å²) < 4.78 is 5.31. The van der Waals surface area contributed by atoms with Gasteiger partial charge in [0.15, 0.2) is 11.6 Å². The van der Waals surface area contributed by atoms with E-state index in [1.165, 1.54) is 82.3 Å². The van der Waals surface area contributed by atoms with Crippen molar-refractivity contribution < 1.29 is 9.53 Å². The largest absolute Gasteiger partial charge is 0.420 e. The molecule has 4 heteroatoms. The molecule has 4 nitrogen and oxygen atoms in total. The number of allylic oxidation sites excluding steroid dienone is 1. The third-order valence-electron chi connectivity index (χ3n) is 5.86. The standard InChI is InChI=1S/C29H42N2O2/c1-3-5-7-9-11-12-14-16-18-28(32)33-27-23-30-29(31-24-27)26-21-19-25(20-22-26)17-15-13-10-8-6-4-2/h16,18-24H,3-15,17H2,1-2H3/b18-16+. The van der Waals surface area contributed by atoms with Crippen LogP contribution in [-0.4, -0.2) is 15.9 Å². The number of carbonyl (C=O) groups is 1. The van der Waals surface area contributed by atoms with Crippen LogP contribution in [0.3, 0.4) is 0 Å². The minimum Gasteiger partial charge on any atom is -0.420 e. The van der Waals surface area contributed by atoms with Crippen molar-refractivity contribution in [3.05, 3.63) is 54.4 Å². The Balaban J connectivity index is 1.70. The molecule has 0 saturated carbocycles. The summed E-state index contributed by atoms with van der Waals surface area (Å²) in [4.78, 5) is 20.7. The molecule has 0 saturated heterocycles. The number of hydrogen-bond donors (Lipinski definition) is 0. The molecule has 1 aromatic heterocycles. The molecular formula is C29H42N2O2. The summed E-state index contributed by atoms with van der Waals surface area (Å²) in [6, 6.07) is 8.46. The van der Waals surface area contributed by atoms with Crippen molar-refractivity contribution in [1.82, 2.24) is 9.97 Å². The zero-order valence-electron chi connectivity index (χ0n) is 20.7. The lowest BCUT2D eigenvalue weighted by Gasteiger charge is -2.05. The predicted octanol–water partition coefficient (Wildman–Crippen LogP) is 8.26. The van der Waals surface area contributed by atoms with Gasteiger partial charge >= 0.3 is 5.97 Å². The van der Waals surface area contributed by atoms with Crippen molar-refractivity contribution in [2.45, 2.75) is 104 Å². The topological polar surface area (TPSA) is 52.1 Å². The first-order valence-corrected chi connectivity index (χ1v) is 13.0. The Morgan fingerprint density at radius 3 is 2.00 bits per heavy atom. The van der Waals surface area contributed by atoms with E-state index in [2.05, 4.69) is 48.1 Å². The summed E-state index contributed by atoms with van der Waals surface area (Å²) >= 11 is 0. The van der Waals surface area contributed by atoms with E-state index in [1.807, 2.05) is 6.08 Å². The van der Waals surface area contributed by atoms with Gasteiger partial charge in [-0.15, -0.1) is 0 Å². The molecule has 180 valence electrons. The van der Waals surface area contributed by atoms with Crippen LogP contribution in [0.1, 0.15) is 103 Å². The van der Waals surface area contributed by atoms with Crippen LogP contribution in [0.5, 0.6) is 5.75 Å². The first-order chi connectivity index (χ1) is 16.2. The Labute approximate surface area is 200 Å². The second kappa shape index (κ2) is 17.0. The fourth-order valence-corrected chi connectivity index (χ4v) is 3.82. The Morgan fingerprint density at radius 2 is 1.36 bits per heavy atom. The minimum absolute atomic E-state index is 0.368. The summed E-state index contributed by atoms with van der Waals surface area (Å²) in [5.41, 5.74) is 2.32. The van der Waals surface area contributed by atoms with Crippen LogP contribution in [0, 0.1) is 0 Å². The van der Waals surface area contributed by atoms with E-state index in [4.69, 9.17) is 4.74 Å². The van der Waals surface area contributed by atoms with Gasteiger partial charge in [-0.05, 0) is 31.2 Å². The number of rotatable bonds is 17. The normalized spacial score (nSPS) is 11.2. The van der Waals surface area contributed by atoms with Crippen molar-refractivity contribution in [2.75, 3.05) is 0 Å². The van der Waals surface area contributed by atoms with Gasteiger partial charge in [0.2, 0.25) is 0 Å². The Hall–Kier alpha value is -2.49. The van der Waals surface area contributed by atoms with Crippen molar-refractivity contribution in [1.29, 1.82) is 0 Å². The van der Waals surface area contributed by atoms with Gasteiger partial charge in [0.05, 0.1) is 12.4 Å². The molecule has 0 amide bonds. The maximum Gasteiger partial charge on any atom is 0.335 e. The smallest absolute Gasteiger partial charge is 0.335 e. The third-order valence-corrected chi connectivity index (χ3v) is 5.86. The molecule has 2 rings (SSSR count). The maximum absolute atomic E-state index is 12.0. The van der Waals surface area contributed by atoms with E-state index in [9.17, 15) is 4.79 Å². The molecule has 0 spiro atoms. The Kier molecular flexibility index (Phi) is 13.8. The van der Waals surface area contributed by atoms with Gasteiger partial charge in [0, 0.05) is 11.6 Å². The lowest BCUT2D eigenvalue weighted by Crippen LogP contribution is -2.04. The molecule has 2 aromatic rings. The first-order valence-electron chi connectivity index (χ1n) is 13.0. The Bertz CT molecular complexity index is 797. The zero-order valence-corrected chi connectivity index (χ0v) is 20.7. The molecule has 0 aliphatic rings. The lowest BCUT2D eigenvalue weighted by molar-refractivity contribution is -0.129. The Morgan fingerprint density at radius 1 is 0.788 bits per heavy atom. The number of aromatic nitrogens is 2. The highest BCUT2D eigenvalue weighted by molar-refractivity contribution is 5.83. The number of nitrogens with zero attached hydrogens (tertiary/aromatic N) is 2. The van der Waals surface area contributed by atoms with E-state index in [0.29, 0.717) is 11.6 Å². The van der Waals surface area contributed by atoms with Crippen LogP contribution in [0.15, 0.2) is 48.8 Å². The molecule has 1 heterocycles. The monoisotopic (exact) mass is 450 g/mol. The fourth-order valence-electron chi connectivity index (χ4n) is 3.82. The van der Waals surface area contributed by atoms with Gasteiger partial charge in [-0.25, -0.2) is 14.8 Å².